The first-order valence-electron chi connectivity index (χ1n) is 5.34. The standard InChI is InChI=1S/C12H19NO2.ClH/c1-4-14-11-7-6-10(9-13-3)8-12(11)15-5-2;/h6-8,13H,4-5,9H2,1-3H3;1H. The van der Waals surface area contributed by atoms with E-state index in [1.54, 1.807) is 0 Å². The molecule has 4 heteroatoms. The van der Waals surface area contributed by atoms with Crippen molar-refractivity contribution in [2.24, 2.45) is 0 Å². The molecule has 0 aliphatic heterocycles. The highest BCUT2D eigenvalue weighted by molar-refractivity contribution is 5.85. The lowest BCUT2D eigenvalue weighted by molar-refractivity contribution is 0.287. The summed E-state index contributed by atoms with van der Waals surface area (Å²) in [5.41, 5.74) is 1.20. The molecule has 0 saturated heterocycles. The fourth-order valence-corrected chi connectivity index (χ4v) is 1.41. The zero-order chi connectivity index (χ0) is 11.1. The van der Waals surface area contributed by atoms with Crippen molar-refractivity contribution in [3.63, 3.8) is 0 Å². The van der Waals surface area contributed by atoms with Crippen LogP contribution in [0.25, 0.3) is 0 Å². The summed E-state index contributed by atoms with van der Waals surface area (Å²) in [5, 5.41) is 3.11. The first-order chi connectivity index (χ1) is 7.31. The van der Waals surface area contributed by atoms with E-state index in [2.05, 4.69) is 5.32 Å². The SMILES string of the molecule is CCOc1ccc(CNC)cc1OCC.Cl. The molecule has 16 heavy (non-hydrogen) atoms. The van der Waals surface area contributed by atoms with E-state index in [1.165, 1.54) is 5.56 Å². The Bertz CT molecular complexity index is 305. The summed E-state index contributed by atoms with van der Waals surface area (Å²) in [6.45, 7) is 6.10. The molecule has 0 bridgehead atoms. The molecule has 0 heterocycles. The molecule has 92 valence electrons. The van der Waals surface area contributed by atoms with E-state index in [-0.39, 0.29) is 12.4 Å². The van der Waals surface area contributed by atoms with Gasteiger partial charge in [-0.15, -0.1) is 12.4 Å². The molecule has 0 saturated carbocycles. The molecule has 0 amide bonds. The van der Waals surface area contributed by atoms with Crippen LogP contribution in [0.5, 0.6) is 11.5 Å². The second kappa shape index (κ2) is 8.25. The van der Waals surface area contributed by atoms with Gasteiger partial charge in [-0.05, 0) is 38.6 Å². The molecule has 0 aromatic heterocycles. The fraction of sp³-hybridized carbons (Fsp3) is 0.500. The van der Waals surface area contributed by atoms with Crippen LogP contribution in [0.4, 0.5) is 0 Å². The maximum Gasteiger partial charge on any atom is 0.161 e. The number of rotatable bonds is 6. The number of hydrogen-bond acceptors (Lipinski definition) is 3. The van der Waals surface area contributed by atoms with E-state index in [0.29, 0.717) is 13.2 Å². The number of benzene rings is 1. The normalized spacial score (nSPS) is 9.44. The minimum Gasteiger partial charge on any atom is -0.490 e. The van der Waals surface area contributed by atoms with Crippen molar-refractivity contribution in [3.05, 3.63) is 23.8 Å². The van der Waals surface area contributed by atoms with Crippen molar-refractivity contribution in [2.75, 3.05) is 20.3 Å². The van der Waals surface area contributed by atoms with Crippen molar-refractivity contribution in [3.8, 4) is 11.5 Å². The summed E-state index contributed by atoms with van der Waals surface area (Å²) in [6, 6.07) is 6.02. The molecule has 0 aliphatic rings. The van der Waals surface area contributed by atoms with Crippen molar-refractivity contribution in [2.45, 2.75) is 20.4 Å². The smallest absolute Gasteiger partial charge is 0.161 e. The summed E-state index contributed by atoms with van der Waals surface area (Å²) in [5.74, 6) is 1.64. The molecule has 1 aromatic rings. The highest BCUT2D eigenvalue weighted by Crippen LogP contribution is 2.28. The molecule has 0 radical (unpaired) electrons. The zero-order valence-corrected chi connectivity index (χ0v) is 10.9. The Balaban J connectivity index is 0.00000225. The molecule has 3 nitrogen and oxygen atoms in total. The van der Waals surface area contributed by atoms with Crippen LogP contribution in [-0.2, 0) is 6.54 Å². The molecule has 1 rings (SSSR count). The largest absolute Gasteiger partial charge is 0.490 e. The van der Waals surface area contributed by atoms with Gasteiger partial charge >= 0.3 is 0 Å². The molecule has 1 N–H and O–H groups in total. The van der Waals surface area contributed by atoms with Gasteiger partial charge in [0.25, 0.3) is 0 Å². The van der Waals surface area contributed by atoms with E-state index < -0.39 is 0 Å². The number of halogens is 1. The maximum atomic E-state index is 5.52. The van der Waals surface area contributed by atoms with Gasteiger partial charge in [-0.3, -0.25) is 0 Å². The Morgan fingerprint density at radius 1 is 1.06 bits per heavy atom. The molecule has 0 aliphatic carbocycles. The summed E-state index contributed by atoms with van der Waals surface area (Å²) >= 11 is 0. The van der Waals surface area contributed by atoms with Gasteiger partial charge in [0.15, 0.2) is 11.5 Å². The Hall–Kier alpha value is -0.930. The zero-order valence-electron chi connectivity index (χ0n) is 10.1. The second-order valence-electron chi connectivity index (χ2n) is 3.18. The van der Waals surface area contributed by atoms with E-state index in [1.807, 2.05) is 39.1 Å². The van der Waals surface area contributed by atoms with Crippen LogP contribution in [0, 0.1) is 0 Å². The third-order valence-corrected chi connectivity index (χ3v) is 1.99. The number of nitrogens with one attached hydrogen (secondary N) is 1. The van der Waals surface area contributed by atoms with Crippen LogP contribution in [0.15, 0.2) is 18.2 Å². The average molecular weight is 246 g/mol. The second-order valence-corrected chi connectivity index (χ2v) is 3.18. The molecule has 0 unspecified atom stereocenters. The Morgan fingerprint density at radius 3 is 2.25 bits per heavy atom. The van der Waals surface area contributed by atoms with Gasteiger partial charge in [0, 0.05) is 6.54 Å². The molecular formula is C12H20ClNO2. The molecule has 0 spiro atoms. The fourth-order valence-electron chi connectivity index (χ4n) is 1.41. The van der Waals surface area contributed by atoms with Crippen LogP contribution in [0.1, 0.15) is 19.4 Å². The van der Waals surface area contributed by atoms with Crippen molar-refractivity contribution in [1.82, 2.24) is 5.32 Å². The van der Waals surface area contributed by atoms with Crippen LogP contribution in [-0.4, -0.2) is 20.3 Å². The first-order valence-corrected chi connectivity index (χ1v) is 5.34. The lowest BCUT2D eigenvalue weighted by Crippen LogP contribution is -2.06. The van der Waals surface area contributed by atoms with E-state index in [4.69, 9.17) is 9.47 Å². The van der Waals surface area contributed by atoms with Gasteiger partial charge in [-0.1, -0.05) is 6.07 Å². The van der Waals surface area contributed by atoms with Gasteiger partial charge < -0.3 is 14.8 Å². The third-order valence-electron chi connectivity index (χ3n) is 1.99. The van der Waals surface area contributed by atoms with Gasteiger partial charge in [0.05, 0.1) is 13.2 Å². The lowest BCUT2D eigenvalue weighted by Gasteiger charge is -2.12. The van der Waals surface area contributed by atoms with Crippen molar-refractivity contribution >= 4 is 12.4 Å². The van der Waals surface area contributed by atoms with Gasteiger partial charge in [-0.25, -0.2) is 0 Å². The van der Waals surface area contributed by atoms with E-state index in [9.17, 15) is 0 Å². The van der Waals surface area contributed by atoms with Crippen LogP contribution >= 0.6 is 12.4 Å². The van der Waals surface area contributed by atoms with Crippen LogP contribution < -0.4 is 14.8 Å². The van der Waals surface area contributed by atoms with Crippen molar-refractivity contribution in [1.29, 1.82) is 0 Å². The summed E-state index contributed by atoms with van der Waals surface area (Å²) < 4.78 is 11.0. The maximum absolute atomic E-state index is 5.52. The lowest BCUT2D eigenvalue weighted by atomic mass is 10.2. The summed E-state index contributed by atoms with van der Waals surface area (Å²) in [6.07, 6.45) is 0. The predicted octanol–water partition coefficient (Wildman–Crippen LogP) is 2.63. The topological polar surface area (TPSA) is 30.5 Å². The van der Waals surface area contributed by atoms with Gasteiger partial charge in [0.2, 0.25) is 0 Å². The molecule has 1 aromatic carbocycles. The minimum absolute atomic E-state index is 0. The molecule has 0 atom stereocenters. The predicted molar refractivity (Wildman–Crippen MR) is 68.8 cm³/mol. The minimum atomic E-state index is 0. The Morgan fingerprint density at radius 2 is 1.69 bits per heavy atom. The van der Waals surface area contributed by atoms with E-state index in [0.717, 1.165) is 18.0 Å². The monoisotopic (exact) mass is 245 g/mol. The summed E-state index contributed by atoms with van der Waals surface area (Å²) in [7, 11) is 1.93. The third kappa shape index (κ3) is 4.29. The number of ether oxygens (including phenoxy) is 2. The highest BCUT2D eigenvalue weighted by atomic mass is 35.5. The van der Waals surface area contributed by atoms with Crippen LogP contribution in [0.2, 0.25) is 0 Å². The Kier molecular flexibility index (Phi) is 7.77. The quantitative estimate of drug-likeness (QED) is 0.836. The average Bonchev–Trinajstić information content (AvgIpc) is 2.23. The summed E-state index contributed by atoms with van der Waals surface area (Å²) in [4.78, 5) is 0. The van der Waals surface area contributed by atoms with Gasteiger partial charge in [-0.2, -0.15) is 0 Å². The number of hydrogen-bond donors (Lipinski definition) is 1. The van der Waals surface area contributed by atoms with E-state index >= 15 is 0 Å². The highest BCUT2D eigenvalue weighted by Gasteiger charge is 2.05. The first kappa shape index (κ1) is 15.1. The molecule has 0 fully saturated rings. The Labute approximate surface area is 104 Å². The van der Waals surface area contributed by atoms with Crippen molar-refractivity contribution < 1.29 is 9.47 Å². The van der Waals surface area contributed by atoms with Crippen LogP contribution in [0.3, 0.4) is 0 Å². The van der Waals surface area contributed by atoms with Gasteiger partial charge in [0.1, 0.15) is 0 Å². The molecular weight excluding hydrogens is 226 g/mol.